The zero-order valence-electron chi connectivity index (χ0n) is 7.61. The van der Waals surface area contributed by atoms with E-state index in [2.05, 4.69) is 9.88 Å². The Bertz CT molecular complexity index is 272. The Kier molecular flexibility index (Phi) is 2.29. The van der Waals surface area contributed by atoms with Gasteiger partial charge in [0.15, 0.2) is 0 Å². The maximum absolute atomic E-state index is 7.84. The quantitative estimate of drug-likeness (QED) is 0.541. The molecule has 1 fully saturated rings. The van der Waals surface area contributed by atoms with Crippen LogP contribution in [-0.2, 0) is 6.54 Å². The number of rotatable bonds is 2. The maximum Gasteiger partial charge on any atom is 0.116 e. The highest BCUT2D eigenvalue weighted by Gasteiger charge is 2.14. The van der Waals surface area contributed by atoms with Gasteiger partial charge in [0, 0.05) is 25.5 Å². The lowest BCUT2D eigenvalue weighted by Gasteiger charge is -2.18. The van der Waals surface area contributed by atoms with Gasteiger partial charge in [-0.3, -0.25) is 5.41 Å². The van der Waals surface area contributed by atoms with Crippen molar-refractivity contribution < 1.29 is 0 Å². The van der Waals surface area contributed by atoms with Crippen molar-refractivity contribution in [3.8, 4) is 0 Å². The summed E-state index contributed by atoms with van der Waals surface area (Å²) in [5.41, 5.74) is 0. The highest BCUT2D eigenvalue weighted by atomic mass is 15.2. The number of hydrogen-bond donors (Lipinski definition) is 1. The molecule has 1 aliphatic rings. The van der Waals surface area contributed by atoms with E-state index in [9.17, 15) is 0 Å². The molecular formula is C9H14N4. The average Bonchev–Trinajstić information content (AvgIpc) is 2.74. The van der Waals surface area contributed by atoms with E-state index < -0.39 is 0 Å². The standard InChI is InChI=1S/C9H14N4/c10-9(13-4-1-2-5-13)7-12-6-3-11-8-12/h3,6,8,10H,1-2,4-5,7H2. The van der Waals surface area contributed by atoms with Crippen LogP contribution in [0.5, 0.6) is 0 Å². The Labute approximate surface area is 77.7 Å². The van der Waals surface area contributed by atoms with Crippen LogP contribution in [0.1, 0.15) is 12.8 Å². The van der Waals surface area contributed by atoms with Crippen LogP contribution >= 0.6 is 0 Å². The summed E-state index contributed by atoms with van der Waals surface area (Å²) in [7, 11) is 0. The average molecular weight is 178 g/mol. The lowest BCUT2D eigenvalue weighted by Crippen LogP contribution is -2.30. The molecule has 4 nitrogen and oxygen atoms in total. The second-order valence-corrected chi connectivity index (χ2v) is 3.38. The van der Waals surface area contributed by atoms with Crippen LogP contribution in [0.3, 0.4) is 0 Å². The summed E-state index contributed by atoms with van der Waals surface area (Å²) in [5, 5.41) is 7.84. The third-order valence-electron chi connectivity index (χ3n) is 2.38. The molecule has 0 unspecified atom stereocenters. The summed E-state index contributed by atoms with van der Waals surface area (Å²) in [6.45, 7) is 2.75. The molecule has 0 bridgehead atoms. The van der Waals surface area contributed by atoms with Gasteiger partial charge in [-0.05, 0) is 12.8 Å². The smallest absolute Gasteiger partial charge is 0.116 e. The van der Waals surface area contributed by atoms with Crippen molar-refractivity contribution in [3.05, 3.63) is 18.7 Å². The summed E-state index contributed by atoms with van der Waals surface area (Å²) >= 11 is 0. The largest absolute Gasteiger partial charge is 0.359 e. The molecule has 13 heavy (non-hydrogen) atoms. The molecule has 1 aromatic heterocycles. The molecule has 1 saturated heterocycles. The number of hydrogen-bond acceptors (Lipinski definition) is 2. The number of likely N-dealkylation sites (tertiary alicyclic amines) is 1. The maximum atomic E-state index is 7.84. The summed E-state index contributed by atoms with van der Waals surface area (Å²) in [5.74, 6) is 0.704. The molecule has 0 amide bonds. The molecule has 0 spiro atoms. The molecule has 4 heteroatoms. The number of imidazole rings is 1. The number of amidine groups is 1. The molecule has 70 valence electrons. The Morgan fingerprint density at radius 1 is 1.38 bits per heavy atom. The lowest BCUT2D eigenvalue weighted by molar-refractivity contribution is 0.495. The Morgan fingerprint density at radius 3 is 2.77 bits per heavy atom. The van der Waals surface area contributed by atoms with Crippen LogP contribution in [-0.4, -0.2) is 33.4 Å². The van der Waals surface area contributed by atoms with Crippen molar-refractivity contribution in [2.45, 2.75) is 19.4 Å². The van der Waals surface area contributed by atoms with Gasteiger partial charge in [-0.2, -0.15) is 0 Å². The molecule has 2 rings (SSSR count). The van der Waals surface area contributed by atoms with E-state index in [1.54, 1.807) is 12.5 Å². The van der Waals surface area contributed by atoms with Crippen LogP contribution in [0, 0.1) is 5.41 Å². The minimum absolute atomic E-state index is 0.653. The molecule has 0 atom stereocenters. The second-order valence-electron chi connectivity index (χ2n) is 3.38. The lowest BCUT2D eigenvalue weighted by atomic mass is 10.4. The van der Waals surface area contributed by atoms with Gasteiger partial charge >= 0.3 is 0 Å². The first-order valence-electron chi connectivity index (χ1n) is 4.64. The minimum atomic E-state index is 0.653. The molecule has 0 radical (unpaired) electrons. The van der Waals surface area contributed by atoms with Crippen LogP contribution in [0.4, 0.5) is 0 Å². The third-order valence-corrected chi connectivity index (χ3v) is 2.38. The first-order chi connectivity index (χ1) is 6.36. The van der Waals surface area contributed by atoms with Gasteiger partial charge in [0.2, 0.25) is 0 Å². The zero-order valence-corrected chi connectivity index (χ0v) is 7.61. The van der Waals surface area contributed by atoms with Crippen molar-refractivity contribution in [2.75, 3.05) is 13.1 Å². The normalized spacial score (nSPS) is 16.5. The molecule has 1 aliphatic heterocycles. The van der Waals surface area contributed by atoms with Crippen molar-refractivity contribution >= 4 is 5.84 Å². The monoisotopic (exact) mass is 178 g/mol. The molecule has 0 aliphatic carbocycles. The van der Waals surface area contributed by atoms with Crippen LogP contribution in [0.15, 0.2) is 18.7 Å². The van der Waals surface area contributed by atoms with Crippen molar-refractivity contribution in [2.24, 2.45) is 0 Å². The van der Waals surface area contributed by atoms with Gasteiger partial charge < -0.3 is 9.47 Å². The van der Waals surface area contributed by atoms with Gasteiger partial charge in [0.05, 0.1) is 12.9 Å². The molecule has 1 aromatic rings. The number of nitrogens with zero attached hydrogens (tertiary/aromatic N) is 3. The Hall–Kier alpha value is -1.32. The zero-order chi connectivity index (χ0) is 9.10. The predicted molar refractivity (Wildman–Crippen MR) is 50.8 cm³/mol. The fourth-order valence-electron chi connectivity index (χ4n) is 1.64. The minimum Gasteiger partial charge on any atom is -0.359 e. The van der Waals surface area contributed by atoms with Gasteiger partial charge in [0.25, 0.3) is 0 Å². The van der Waals surface area contributed by atoms with Crippen molar-refractivity contribution in [1.82, 2.24) is 14.5 Å². The Morgan fingerprint density at radius 2 is 2.15 bits per heavy atom. The predicted octanol–water partition coefficient (Wildman–Crippen LogP) is 0.956. The summed E-state index contributed by atoms with van der Waals surface area (Å²) in [6, 6.07) is 0. The van der Waals surface area contributed by atoms with E-state index >= 15 is 0 Å². The third kappa shape index (κ3) is 1.88. The van der Waals surface area contributed by atoms with Gasteiger partial charge in [0.1, 0.15) is 5.84 Å². The van der Waals surface area contributed by atoms with Gasteiger partial charge in [-0.1, -0.05) is 0 Å². The van der Waals surface area contributed by atoms with E-state index in [0.717, 1.165) is 13.1 Å². The van der Waals surface area contributed by atoms with Crippen molar-refractivity contribution in [3.63, 3.8) is 0 Å². The second kappa shape index (κ2) is 3.60. The highest BCUT2D eigenvalue weighted by Crippen LogP contribution is 2.08. The molecule has 1 N–H and O–H groups in total. The summed E-state index contributed by atoms with van der Waals surface area (Å²) in [6.07, 6.45) is 7.85. The highest BCUT2D eigenvalue weighted by molar-refractivity contribution is 5.79. The van der Waals surface area contributed by atoms with Crippen LogP contribution in [0.2, 0.25) is 0 Å². The first kappa shape index (κ1) is 8.29. The Balaban J connectivity index is 1.91. The molecule has 0 saturated carbocycles. The summed E-state index contributed by atoms with van der Waals surface area (Å²) < 4.78 is 1.93. The number of aromatic nitrogens is 2. The van der Waals surface area contributed by atoms with Crippen LogP contribution < -0.4 is 0 Å². The fraction of sp³-hybridized carbons (Fsp3) is 0.556. The number of nitrogens with one attached hydrogen (secondary N) is 1. The van der Waals surface area contributed by atoms with E-state index in [-0.39, 0.29) is 0 Å². The van der Waals surface area contributed by atoms with E-state index in [1.807, 2.05) is 10.8 Å². The fourth-order valence-corrected chi connectivity index (χ4v) is 1.64. The SMILES string of the molecule is N=C(Cn1ccnc1)N1CCCC1. The van der Waals surface area contributed by atoms with E-state index in [4.69, 9.17) is 5.41 Å². The van der Waals surface area contributed by atoms with Crippen LogP contribution in [0.25, 0.3) is 0 Å². The van der Waals surface area contributed by atoms with E-state index in [1.165, 1.54) is 12.8 Å². The van der Waals surface area contributed by atoms with Gasteiger partial charge in [-0.25, -0.2) is 4.98 Å². The molecular weight excluding hydrogens is 164 g/mol. The summed E-state index contributed by atoms with van der Waals surface area (Å²) in [4.78, 5) is 6.09. The topological polar surface area (TPSA) is 44.9 Å². The molecule has 0 aromatic carbocycles. The van der Waals surface area contributed by atoms with Gasteiger partial charge in [-0.15, -0.1) is 0 Å². The molecule has 2 heterocycles. The van der Waals surface area contributed by atoms with Crippen molar-refractivity contribution in [1.29, 1.82) is 5.41 Å². The van der Waals surface area contributed by atoms with E-state index in [0.29, 0.717) is 12.4 Å². The first-order valence-corrected chi connectivity index (χ1v) is 4.64.